The number of carbonyl (C=O) groups is 1. The maximum Gasteiger partial charge on any atom is 0.416 e. The van der Waals surface area contributed by atoms with Gasteiger partial charge in [0.25, 0.3) is 0 Å². The van der Waals surface area contributed by atoms with E-state index in [4.69, 9.17) is 4.74 Å². The van der Waals surface area contributed by atoms with E-state index in [9.17, 15) is 18.0 Å². The van der Waals surface area contributed by atoms with Crippen molar-refractivity contribution in [2.75, 3.05) is 27.7 Å². The number of hydrogen-bond donors (Lipinski definition) is 0. The average molecular weight is 461 g/mol. The van der Waals surface area contributed by atoms with Gasteiger partial charge in [-0.2, -0.15) is 18.9 Å². The number of rotatable bonds is 10. The molecule has 4 nitrogen and oxygen atoms in total. The highest BCUT2D eigenvalue weighted by molar-refractivity contribution is 5.90. The summed E-state index contributed by atoms with van der Waals surface area (Å²) in [6.45, 7) is 0.394. The van der Waals surface area contributed by atoms with E-state index in [-0.39, 0.29) is 5.97 Å². The summed E-state index contributed by atoms with van der Waals surface area (Å²) in [5.74, 6) is -0.298. The van der Waals surface area contributed by atoms with Gasteiger partial charge in [-0.15, -0.1) is 5.52 Å². The van der Waals surface area contributed by atoms with Crippen LogP contribution >= 0.6 is 0 Å². The van der Waals surface area contributed by atoms with Crippen molar-refractivity contribution in [2.24, 2.45) is 0 Å². The fraction of sp³-hybridized carbons (Fsp3) is 0.423. The zero-order valence-electron chi connectivity index (χ0n) is 19.4. The molecule has 1 aromatic heterocycles. The number of esters is 1. The van der Waals surface area contributed by atoms with E-state index in [0.29, 0.717) is 22.2 Å². The van der Waals surface area contributed by atoms with E-state index < -0.39 is 11.7 Å². The minimum Gasteiger partial charge on any atom is -0.661 e. The van der Waals surface area contributed by atoms with E-state index in [0.717, 1.165) is 67.4 Å². The van der Waals surface area contributed by atoms with Crippen molar-refractivity contribution in [1.82, 2.24) is 9.47 Å². The number of hydrogen-bond acceptors (Lipinski definition) is 2. The largest absolute Gasteiger partial charge is 0.661 e. The lowest BCUT2D eigenvalue weighted by molar-refractivity contribution is -0.137. The number of alkyl halides is 3. The minimum atomic E-state index is -4.35. The van der Waals surface area contributed by atoms with Crippen LogP contribution in [0.25, 0.3) is 10.9 Å². The van der Waals surface area contributed by atoms with Gasteiger partial charge in [0.05, 0.1) is 38.9 Å². The number of carbonyl (C=O) groups excluding carboxylic acids is 1. The van der Waals surface area contributed by atoms with Crippen LogP contribution in [0.3, 0.4) is 0 Å². The molecule has 0 unspecified atom stereocenters. The average Bonchev–Trinajstić information content (AvgIpc) is 3.16. The highest BCUT2D eigenvalue weighted by Gasteiger charge is 2.29. The lowest BCUT2D eigenvalue weighted by Crippen LogP contribution is -2.34. The topological polar surface area (TPSA) is 40.4 Å². The van der Waals surface area contributed by atoms with Crippen molar-refractivity contribution in [1.29, 1.82) is 0 Å². The Morgan fingerprint density at radius 1 is 0.939 bits per heavy atom. The summed E-state index contributed by atoms with van der Waals surface area (Å²) < 4.78 is 44.5. The molecular formula is C26H31F3N2O2. The molecule has 0 amide bonds. The fourth-order valence-electron chi connectivity index (χ4n) is 3.67. The molecule has 0 aliphatic heterocycles. The van der Waals surface area contributed by atoms with Gasteiger partial charge in [-0.05, 0) is 36.4 Å². The molecule has 0 saturated heterocycles. The van der Waals surface area contributed by atoms with Crippen molar-refractivity contribution in [3.05, 3.63) is 65.4 Å². The summed E-state index contributed by atoms with van der Waals surface area (Å²) in [6, 6.07) is 13.1. The molecule has 0 aliphatic rings. The number of halogens is 3. The van der Waals surface area contributed by atoms with Crippen LogP contribution in [-0.4, -0.2) is 33.7 Å². The van der Waals surface area contributed by atoms with Crippen LogP contribution < -0.4 is 9.47 Å². The molecule has 2 aromatic carbocycles. The summed E-state index contributed by atoms with van der Waals surface area (Å²) in [7, 11) is 6.14. The third kappa shape index (κ3) is 7.09. The van der Waals surface area contributed by atoms with Crippen molar-refractivity contribution < 1.29 is 22.7 Å². The molecule has 0 radical (unpaired) electrons. The predicted molar refractivity (Wildman–Crippen MR) is 125 cm³/mol. The monoisotopic (exact) mass is 460 g/mol. The van der Waals surface area contributed by atoms with Gasteiger partial charge in [-0.3, -0.25) is 4.48 Å². The molecule has 0 fully saturated rings. The zero-order chi connectivity index (χ0) is 24.1. The van der Waals surface area contributed by atoms with Gasteiger partial charge < -0.3 is 9.72 Å². The standard InChI is InChI=1S/C26H31F3N2O2/c1-31(2,3)23-12-9-10-20(17-23)25(32)33-15-8-6-4-5-7-11-22-16-19-13-14-21(26(27,28)29)18-24(19)30-22/h9-10,12-14,16-18H,4-8,11,15H2,1-3H3. The second-order valence-corrected chi connectivity index (χ2v) is 9.24. The van der Waals surface area contributed by atoms with E-state index >= 15 is 0 Å². The molecule has 3 aromatic rings. The Labute approximate surface area is 193 Å². The molecule has 3 rings (SSSR count). The number of ether oxygens (including phenoxy) is 1. The maximum atomic E-state index is 12.8. The molecule has 1 heterocycles. The number of aryl methyl sites for hydroxylation is 1. The Morgan fingerprint density at radius 3 is 2.39 bits per heavy atom. The Hall–Kier alpha value is -2.80. The first kappa shape index (κ1) is 24.8. The Balaban J connectivity index is 1.33. The number of unbranched alkanes of at least 4 members (excludes halogenated alkanes) is 4. The van der Waals surface area contributed by atoms with Gasteiger partial charge in [0, 0.05) is 6.07 Å². The molecule has 7 heteroatoms. The maximum absolute atomic E-state index is 12.8. The second-order valence-electron chi connectivity index (χ2n) is 9.24. The SMILES string of the molecule is C[N+](C)(C)c1cccc(C(=O)OCCCCCCCc2cc3ccc(C(F)(F)F)cc3[n-]2)c1. The van der Waals surface area contributed by atoms with Crippen LogP contribution in [0.2, 0.25) is 0 Å². The normalized spacial score (nSPS) is 12.3. The van der Waals surface area contributed by atoms with E-state index in [1.807, 2.05) is 45.4 Å². The van der Waals surface area contributed by atoms with E-state index in [1.54, 1.807) is 6.07 Å². The Morgan fingerprint density at radius 2 is 1.67 bits per heavy atom. The molecule has 33 heavy (non-hydrogen) atoms. The Kier molecular flexibility index (Phi) is 7.84. The van der Waals surface area contributed by atoms with Crippen molar-refractivity contribution in [3.63, 3.8) is 0 Å². The van der Waals surface area contributed by atoms with Gasteiger partial charge in [0.15, 0.2) is 0 Å². The third-order valence-electron chi connectivity index (χ3n) is 5.61. The second kappa shape index (κ2) is 10.4. The van der Waals surface area contributed by atoms with Crippen molar-refractivity contribution in [3.8, 4) is 0 Å². The minimum absolute atomic E-state index is 0.298. The van der Waals surface area contributed by atoms with Crippen LogP contribution in [-0.2, 0) is 17.3 Å². The quantitative estimate of drug-likeness (QED) is 0.201. The van der Waals surface area contributed by atoms with Crippen LogP contribution in [0.15, 0.2) is 48.5 Å². The Bertz CT molecular complexity index is 1080. The van der Waals surface area contributed by atoms with Gasteiger partial charge in [-0.1, -0.05) is 49.9 Å². The number of aromatic nitrogens is 1. The molecule has 0 aliphatic carbocycles. The number of nitrogens with zero attached hydrogens (tertiary/aromatic N) is 2. The lowest BCUT2D eigenvalue weighted by atomic mass is 10.1. The van der Waals surface area contributed by atoms with Crippen LogP contribution in [0.5, 0.6) is 0 Å². The number of quaternary nitrogens is 1. The van der Waals surface area contributed by atoms with Crippen molar-refractivity contribution in [2.45, 2.75) is 44.7 Å². The van der Waals surface area contributed by atoms with E-state index in [1.165, 1.54) is 6.07 Å². The molecule has 178 valence electrons. The van der Waals surface area contributed by atoms with E-state index in [2.05, 4.69) is 4.98 Å². The highest BCUT2D eigenvalue weighted by atomic mass is 19.4. The first-order valence-corrected chi connectivity index (χ1v) is 11.3. The first-order valence-electron chi connectivity index (χ1n) is 11.3. The molecule has 0 saturated carbocycles. The van der Waals surface area contributed by atoms with Crippen LogP contribution in [0, 0.1) is 0 Å². The van der Waals surface area contributed by atoms with Gasteiger partial charge >= 0.3 is 12.1 Å². The number of benzene rings is 2. The molecule has 0 N–H and O–H groups in total. The highest BCUT2D eigenvalue weighted by Crippen LogP contribution is 2.31. The number of fused-ring (bicyclic) bond motifs is 1. The first-order chi connectivity index (χ1) is 15.5. The summed E-state index contributed by atoms with van der Waals surface area (Å²) in [6.07, 6.45) is 1.08. The van der Waals surface area contributed by atoms with Crippen molar-refractivity contribution >= 4 is 22.6 Å². The van der Waals surface area contributed by atoms with Gasteiger partial charge in [-0.25, -0.2) is 4.79 Å². The zero-order valence-corrected chi connectivity index (χ0v) is 19.4. The summed E-state index contributed by atoms with van der Waals surface area (Å²) in [4.78, 5) is 16.6. The molecule has 0 spiro atoms. The molecule has 0 bridgehead atoms. The summed E-state index contributed by atoms with van der Waals surface area (Å²) >= 11 is 0. The summed E-state index contributed by atoms with van der Waals surface area (Å²) in [5.41, 5.74) is 2.17. The molecule has 0 atom stereocenters. The van der Waals surface area contributed by atoms with Gasteiger partial charge in [0.1, 0.15) is 5.69 Å². The van der Waals surface area contributed by atoms with Crippen LogP contribution in [0.4, 0.5) is 18.9 Å². The predicted octanol–water partition coefficient (Wildman–Crippen LogP) is 6.36. The smallest absolute Gasteiger partial charge is 0.416 e. The lowest BCUT2D eigenvalue weighted by Gasteiger charge is -2.23. The fourth-order valence-corrected chi connectivity index (χ4v) is 3.67. The van der Waals surface area contributed by atoms with Gasteiger partial charge in [0.2, 0.25) is 0 Å². The third-order valence-corrected chi connectivity index (χ3v) is 5.61. The van der Waals surface area contributed by atoms with Crippen LogP contribution in [0.1, 0.15) is 53.7 Å². The molecular weight excluding hydrogens is 429 g/mol. The summed E-state index contributed by atoms with van der Waals surface area (Å²) in [5, 5.41) is 0.742.